The average Bonchev–Trinajstić information content (AvgIpc) is 2.04. The van der Waals surface area contributed by atoms with Crippen LogP contribution in [0, 0.1) is 10.8 Å². The first-order valence-electron chi connectivity index (χ1n) is 4.27. The van der Waals surface area contributed by atoms with Crippen LogP contribution in [0.1, 0.15) is 39.5 Å². The summed E-state index contributed by atoms with van der Waals surface area (Å²) < 4.78 is 0. The summed E-state index contributed by atoms with van der Waals surface area (Å²) in [6.45, 7) is 4.57. The summed E-state index contributed by atoms with van der Waals surface area (Å²) in [5.41, 5.74) is 0.777. The molecule has 0 heterocycles. The van der Waals surface area contributed by atoms with E-state index in [1.165, 1.54) is 19.3 Å². The Balaban J connectivity index is 2.28. The molecule has 2 rings (SSSR count). The molecule has 1 heteroatoms. The van der Waals surface area contributed by atoms with Crippen molar-refractivity contribution in [3.8, 4) is 0 Å². The summed E-state index contributed by atoms with van der Waals surface area (Å²) in [7, 11) is 0. The van der Waals surface area contributed by atoms with Crippen LogP contribution in [0.5, 0.6) is 0 Å². The molecular formula is C9H16O. The Bertz CT molecular complexity index is 166. The van der Waals surface area contributed by atoms with E-state index < -0.39 is 0 Å². The fourth-order valence-corrected chi connectivity index (χ4v) is 2.70. The van der Waals surface area contributed by atoms with Crippen LogP contribution in [-0.2, 0) is 0 Å². The minimum atomic E-state index is -0.00810. The van der Waals surface area contributed by atoms with E-state index in [9.17, 15) is 5.11 Å². The maximum atomic E-state index is 9.64. The molecule has 0 aromatic rings. The molecule has 2 fully saturated rings. The third-order valence-corrected chi connectivity index (χ3v) is 4.28. The summed E-state index contributed by atoms with van der Waals surface area (Å²) in [5.74, 6) is 0. The van der Waals surface area contributed by atoms with Gasteiger partial charge in [-0.25, -0.2) is 0 Å². The van der Waals surface area contributed by atoms with Gasteiger partial charge in [-0.05, 0) is 36.5 Å². The molecule has 1 nitrogen and oxygen atoms in total. The molecule has 0 bridgehead atoms. The lowest BCUT2D eigenvalue weighted by Gasteiger charge is -2.53. The summed E-state index contributed by atoms with van der Waals surface area (Å²) in [4.78, 5) is 0. The van der Waals surface area contributed by atoms with Crippen LogP contribution in [0.4, 0.5) is 0 Å². The van der Waals surface area contributed by atoms with Gasteiger partial charge < -0.3 is 5.11 Å². The zero-order chi connectivity index (χ0) is 7.41. The normalized spacial score (nSPS) is 59.7. The van der Waals surface area contributed by atoms with E-state index in [1.54, 1.807) is 0 Å². The Hall–Kier alpha value is -0.0400. The van der Waals surface area contributed by atoms with Crippen molar-refractivity contribution in [1.29, 1.82) is 0 Å². The predicted molar refractivity (Wildman–Crippen MR) is 40.7 cm³/mol. The highest BCUT2D eigenvalue weighted by Gasteiger charge is 2.60. The molecule has 2 aliphatic carbocycles. The Morgan fingerprint density at radius 2 is 1.90 bits per heavy atom. The Labute approximate surface area is 62.4 Å². The maximum Gasteiger partial charge on any atom is 0.0599 e. The van der Waals surface area contributed by atoms with Crippen LogP contribution in [0.15, 0.2) is 0 Å². The Kier molecular flexibility index (Phi) is 1.05. The van der Waals surface area contributed by atoms with Gasteiger partial charge in [0.2, 0.25) is 0 Å². The second-order valence-corrected chi connectivity index (χ2v) is 4.53. The minimum Gasteiger partial charge on any atom is -0.393 e. The van der Waals surface area contributed by atoms with Gasteiger partial charge in [0.15, 0.2) is 0 Å². The van der Waals surface area contributed by atoms with Crippen LogP contribution in [0.25, 0.3) is 0 Å². The Morgan fingerprint density at radius 3 is 2.10 bits per heavy atom. The van der Waals surface area contributed by atoms with E-state index in [4.69, 9.17) is 0 Å². The fourth-order valence-electron chi connectivity index (χ4n) is 2.70. The van der Waals surface area contributed by atoms with Crippen molar-refractivity contribution in [2.24, 2.45) is 10.8 Å². The van der Waals surface area contributed by atoms with Crippen molar-refractivity contribution in [3.63, 3.8) is 0 Å². The van der Waals surface area contributed by atoms with E-state index in [0.717, 1.165) is 6.42 Å². The second-order valence-electron chi connectivity index (χ2n) is 4.53. The molecule has 2 aliphatic rings. The van der Waals surface area contributed by atoms with Crippen molar-refractivity contribution in [2.45, 2.75) is 45.6 Å². The first kappa shape index (κ1) is 6.66. The lowest BCUT2D eigenvalue weighted by Crippen LogP contribution is -2.48. The van der Waals surface area contributed by atoms with Gasteiger partial charge >= 0.3 is 0 Å². The van der Waals surface area contributed by atoms with Crippen LogP contribution in [-0.4, -0.2) is 11.2 Å². The molecular weight excluding hydrogens is 124 g/mol. The summed E-state index contributed by atoms with van der Waals surface area (Å²) >= 11 is 0. The quantitative estimate of drug-likeness (QED) is 0.545. The highest BCUT2D eigenvalue weighted by Crippen LogP contribution is 2.65. The van der Waals surface area contributed by atoms with E-state index in [1.807, 2.05) is 0 Å². The Morgan fingerprint density at radius 1 is 1.20 bits per heavy atom. The lowest BCUT2D eigenvalue weighted by molar-refractivity contribution is -0.0866. The van der Waals surface area contributed by atoms with Gasteiger partial charge in [-0.15, -0.1) is 0 Å². The number of rotatable bonds is 0. The van der Waals surface area contributed by atoms with E-state index in [2.05, 4.69) is 13.8 Å². The number of fused-ring (bicyclic) bond motifs is 1. The van der Waals surface area contributed by atoms with Crippen LogP contribution < -0.4 is 0 Å². The summed E-state index contributed by atoms with van der Waals surface area (Å²) in [5, 5.41) is 9.64. The van der Waals surface area contributed by atoms with Crippen molar-refractivity contribution in [1.82, 2.24) is 0 Å². The van der Waals surface area contributed by atoms with Crippen molar-refractivity contribution in [2.75, 3.05) is 0 Å². The molecule has 58 valence electrons. The zero-order valence-corrected chi connectivity index (χ0v) is 6.85. The summed E-state index contributed by atoms with van der Waals surface area (Å²) in [6.07, 6.45) is 4.84. The molecule has 0 aromatic carbocycles. The zero-order valence-electron chi connectivity index (χ0n) is 6.85. The van der Waals surface area contributed by atoms with E-state index in [0.29, 0.717) is 5.41 Å². The molecule has 1 N–H and O–H groups in total. The van der Waals surface area contributed by atoms with E-state index >= 15 is 0 Å². The van der Waals surface area contributed by atoms with Gasteiger partial charge in [0.1, 0.15) is 0 Å². The van der Waals surface area contributed by atoms with Gasteiger partial charge in [0, 0.05) is 0 Å². The van der Waals surface area contributed by atoms with Crippen LogP contribution in [0.2, 0.25) is 0 Å². The third-order valence-electron chi connectivity index (χ3n) is 4.28. The SMILES string of the molecule is CC12CCC(O)C1(C)CC2. The molecule has 0 saturated heterocycles. The van der Waals surface area contributed by atoms with Crippen molar-refractivity contribution < 1.29 is 5.11 Å². The highest BCUT2D eigenvalue weighted by molar-refractivity contribution is 5.10. The molecule has 0 radical (unpaired) electrons. The molecule has 0 aromatic heterocycles. The molecule has 0 aliphatic heterocycles. The minimum absolute atomic E-state index is 0.00810. The largest absolute Gasteiger partial charge is 0.393 e. The highest BCUT2D eigenvalue weighted by atomic mass is 16.3. The standard InChI is InChI=1S/C9H16O/c1-8-4-3-7(10)9(8,2)6-5-8/h7,10H,3-6H2,1-2H3. The summed E-state index contributed by atoms with van der Waals surface area (Å²) in [6, 6.07) is 0. The van der Waals surface area contributed by atoms with Crippen molar-refractivity contribution in [3.05, 3.63) is 0 Å². The van der Waals surface area contributed by atoms with Crippen LogP contribution in [0.3, 0.4) is 0 Å². The van der Waals surface area contributed by atoms with Gasteiger partial charge in [0.05, 0.1) is 6.10 Å². The molecule has 10 heavy (non-hydrogen) atoms. The smallest absolute Gasteiger partial charge is 0.0599 e. The molecule has 0 spiro atoms. The number of hydrogen-bond acceptors (Lipinski definition) is 1. The van der Waals surface area contributed by atoms with Crippen molar-refractivity contribution >= 4 is 0 Å². The first-order chi connectivity index (χ1) is 4.58. The predicted octanol–water partition coefficient (Wildman–Crippen LogP) is 1.95. The third kappa shape index (κ3) is 0.493. The second kappa shape index (κ2) is 1.58. The van der Waals surface area contributed by atoms with Gasteiger partial charge in [-0.1, -0.05) is 13.8 Å². The number of hydrogen-bond donors (Lipinski definition) is 1. The first-order valence-corrected chi connectivity index (χ1v) is 4.27. The number of aliphatic hydroxyl groups is 1. The van der Waals surface area contributed by atoms with Gasteiger partial charge in [-0.3, -0.25) is 0 Å². The molecule has 3 atom stereocenters. The monoisotopic (exact) mass is 140 g/mol. The molecule has 2 saturated carbocycles. The maximum absolute atomic E-state index is 9.64. The molecule has 3 unspecified atom stereocenters. The molecule has 0 amide bonds. The van der Waals surface area contributed by atoms with Gasteiger partial charge in [0.25, 0.3) is 0 Å². The van der Waals surface area contributed by atoms with E-state index in [-0.39, 0.29) is 11.5 Å². The van der Waals surface area contributed by atoms with Crippen LogP contribution >= 0.6 is 0 Å². The lowest BCUT2D eigenvalue weighted by atomic mass is 9.52. The average molecular weight is 140 g/mol. The van der Waals surface area contributed by atoms with Gasteiger partial charge in [-0.2, -0.15) is 0 Å². The number of aliphatic hydroxyl groups excluding tert-OH is 1. The topological polar surface area (TPSA) is 20.2 Å². The fraction of sp³-hybridized carbons (Fsp3) is 1.00.